The molecule has 0 bridgehead atoms. The topological polar surface area (TPSA) is 20.2 Å². The molecule has 1 nitrogen and oxygen atoms in total. The van der Waals surface area contributed by atoms with Crippen molar-refractivity contribution in [1.82, 2.24) is 0 Å². The van der Waals surface area contributed by atoms with Crippen LogP contribution in [0.4, 0.5) is 0 Å². The average Bonchev–Trinajstić information content (AvgIpc) is 2.31. The van der Waals surface area contributed by atoms with E-state index in [1.807, 2.05) is 41.7 Å². The number of rotatable bonds is 2. The molecule has 0 radical (unpaired) electrons. The van der Waals surface area contributed by atoms with Crippen molar-refractivity contribution in [1.29, 1.82) is 0 Å². The molecule has 1 heterocycles. The Morgan fingerprint density at radius 3 is 2.36 bits per heavy atom. The molecule has 1 aliphatic rings. The van der Waals surface area contributed by atoms with Crippen molar-refractivity contribution in [2.24, 2.45) is 0 Å². The predicted octanol–water partition coefficient (Wildman–Crippen LogP) is 2.70. The van der Waals surface area contributed by atoms with E-state index < -0.39 is 0 Å². The lowest BCUT2D eigenvalue weighted by atomic mass is 10.1. The molecule has 1 fully saturated rings. The van der Waals surface area contributed by atoms with Gasteiger partial charge in [0.15, 0.2) is 0 Å². The van der Waals surface area contributed by atoms with E-state index >= 15 is 0 Å². The van der Waals surface area contributed by atoms with Crippen molar-refractivity contribution >= 4 is 23.5 Å². The lowest BCUT2D eigenvalue weighted by Crippen LogP contribution is -2.26. The fourth-order valence-corrected chi connectivity index (χ4v) is 4.66. The highest BCUT2D eigenvalue weighted by Crippen LogP contribution is 2.49. The lowest BCUT2D eigenvalue weighted by Gasteiger charge is -2.34. The van der Waals surface area contributed by atoms with Gasteiger partial charge >= 0.3 is 0 Å². The first kappa shape index (κ1) is 10.4. The quantitative estimate of drug-likeness (QED) is 0.837. The smallest absolute Gasteiger partial charge is 0.109 e. The van der Waals surface area contributed by atoms with E-state index in [1.54, 1.807) is 0 Å². The van der Waals surface area contributed by atoms with Gasteiger partial charge in [0.2, 0.25) is 0 Å². The first-order valence-corrected chi connectivity index (χ1v) is 6.79. The summed E-state index contributed by atoms with van der Waals surface area (Å²) < 4.78 is -0.0977. The molecule has 0 aromatic heterocycles. The fraction of sp³-hybridized carbons (Fsp3) is 0.455. The number of thioether (sulfide) groups is 2. The van der Waals surface area contributed by atoms with Crippen LogP contribution in [-0.4, -0.2) is 23.2 Å². The molecule has 0 amide bonds. The van der Waals surface area contributed by atoms with Crippen LogP contribution in [0.2, 0.25) is 0 Å². The molecule has 1 N–H and O–H groups in total. The summed E-state index contributed by atoms with van der Waals surface area (Å²) in [6, 6.07) is 10.3. The maximum absolute atomic E-state index is 9.55. The van der Waals surface area contributed by atoms with E-state index in [2.05, 4.69) is 12.1 Å². The molecule has 76 valence electrons. The summed E-state index contributed by atoms with van der Waals surface area (Å²) in [5, 5.41) is 9.55. The number of aliphatic hydroxyl groups excluding tert-OH is 1. The zero-order chi connectivity index (χ0) is 9.86. The van der Waals surface area contributed by atoms with Gasteiger partial charge in [-0.2, -0.15) is 0 Å². The van der Waals surface area contributed by atoms with Gasteiger partial charge in [0.25, 0.3) is 0 Å². The maximum Gasteiger partial charge on any atom is 0.109 e. The van der Waals surface area contributed by atoms with Gasteiger partial charge in [-0.25, -0.2) is 0 Å². The van der Waals surface area contributed by atoms with Crippen molar-refractivity contribution in [2.45, 2.75) is 10.5 Å². The summed E-state index contributed by atoms with van der Waals surface area (Å²) >= 11 is 3.75. The van der Waals surface area contributed by atoms with Crippen molar-refractivity contribution in [3.63, 3.8) is 0 Å². The van der Waals surface area contributed by atoms with Crippen LogP contribution < -0.4 is 0 Å². The molecule has 0 saturated carbocycles. The largest absolute Gasteiger partial charge is 0.394 e. The molecule has 3 heteroatoms. The molecule has 0 atom stereocenters. The van der Waals surface area contributed by atoms with Crippen LogP contribution in [0.15, 0.2) is 30.3 Å². The van der Waals surface area contributed by atoms with E-state index in [-0.39, 0.29) is 10.7 Å². The molecule has 2 rings (SSSR count). The first-order valence-electron chi connectivity index (χ1n) is 4.82. The summed E-state index contributed by atoms with van der Waals surface area (Å²) in [6.07, 6.45) is 1.25. The number of benzene rings is 1. The SMILES string of the molecule is OCC1(c2ccccc2)SCCCS1. The van der Waals surface area contributed by atoms with Gasteiger partial charge in [0, 0.05) is 0 Å². The third kappa shape index (κ3) is 1.95. The van der Waals surface area contributed by atoms with Crippen molar-refractivity contribution < 1.29 is 5.11 Å². The van der Waals surface area contributed by atoms with Crippen LogP contribution in [-0.2, 0) is 4.08 Å². The van der Waals surface area contributed by atoms with E-state index in [0.29, 0.717) is 0 Å². The first-order chi connectivity index (χ1) is 6.87. The van der Waals surface area contributed by atoms with Crippen LogP contribution in [0.3, 0.4) is 0 Å². The minimum absolute atomic E-state index is 0.0977. The highest BCUT2D eigenvalue weighted by Gasteiger charge is 2.34. The van der Waals surface area contributed by atoms with Crippen LogP contribution in [0, 0.1) is 0 Å². The third-order valence-electron chi connectivity index (χ3n) is 2.38. The van der Waals surface area contributed by atoms with Crippen LogP contribution in [0.25, 0.3) is 0 Å². The second-order valence-electron chi connectivity index (χ2n) is 3.33. The lowest BCUT2D eigenvalue weighted by molar-refractivity contribution is 0.285. The van der Waals surface area contributed by atoms with E-state index in [4.69, 9.17) is 0 Å². The molecule has 0 unspecified atom stereocenters. The van der Waals surface area contributed by atoms with Crippen molar-refractivity contribution in [2.75, 3.05) is 18.1 Å². The van der Waals surface area contributed by atoms with Gasteiger partial charge in [0.1, 0.15) is 4.08 Å². The normalized spacial score (nSPS) is 20.6. The van der Waals surface area contributed by atoms with Gasteiger partial charge in [-0.3, -0.25) is 0 Å². The van der Waals surface area contributed by atoms with Crippen molar-refractivity contribution in [3.05, 3.63) is 35.9 Å². The van der Waals surface area contributed by atoms with Gasteiger partial charge in [-0.1, -0.05) is 30.3 Å². The second-order valence-corrected chi connectivity index (χ2v) is 6.37. The summed E-state index contributed by atoms with van der Waals surface area (Å²) in [4.78, 5) is 0. The summed E-state index contributed by atoms with van der Waals surface area (Å²) in [7, 11) is 0. The Bertz CT molecular complexity index is 281. The predicted molar refractivity (Wildman–Crippen MR) is 64.7 cm³/mol. The van der Waals surface area contributed by atoms with Gasteiger partial charge in [-0.05, 0) is 23.5 Å². The molecule has 0 aliphatic carbocycles. The number of hydrogen-bond donors (Lipinski definition) is 1. The standard InChI is InChI=1S/C11H14OS2/c12-9-11(13-7-4-8-14-11)10-5-2-1-3-6-10/h1-3,5-6,12H,4,7-9H2. The Labute approximate surface area is 93.3 Å². The molecular weight excluding hydrogens is 212 g/mol. The Kier molecular flexibility index (Phi) is 3.42. The molecule has 14 heavy (non-hydrogen) atoms. The van der Waals surface area contributed by atoms with Crippen LogP contribution >= 0.6 is 23.5 Å². The second kappa shape index (κ2) is 4.60. The van der Waals surface area contributed by atoms with Gasteiger partial charge < -0.3 is 5.11 Å². The fourth-order valence-electron chi connectivity index (χ4n) is 1.62. The van der Waals surface area contributed by atoms with E-state index in [1.165, 1.54) is 12.0 Å². The minimum atomic E-state index is -0.0977. The zero-order valence-electron chi connectivity index (χ0n) is 7.98. The van der Waals surface area contributed by atoms with Gasteiger partial charge in [-0.15, -0.1) is 23.5 Å². The van der Waals surface area contributed by atoms with E-state index in [9.17, 15) is 5.11 Å². The molecular formula is C11H14OS2. The summed E-state index contributed by atoms with van der Waals surface area (Å²) in [5.74, 6) is 2.31. The molecule has 1 aromatic rings. The van der Waals surface area contributed by atoms with Gasteiger partial charge in [0.05, 0.1) is 6.61 Å². The highest BCUT2D eigenvalue weighted by molar-refractivity contribution is 8.18. The third-order valence-corrected chi connectivity index (χ3v) is 5.74. The molecule has 1 saturated heterocycles. The summed E-state index contributed by atoms with van der Waals surface area (Å²) in [5.41, 5.74) is 1.25. The Balaban J connectivity index is 2.27. The molecule has 0 spiro atoms. The van der Waals surface area contributed by atoms with E-state index in [0.717, 1.165) is 11.5 Å². The minimum Gasteiger partial charge on any atom is -0.394 e. The Morgan fingerprint density at radius 2 is 1.79 bits per heavy atom. The molecule has 1 aromatic carbocycles. The number of aliphatic hydroxyl groups is 1. The molecule has 1 aliphatic heterocycles. The maximum atomic E-state index is 9.55. The van der Waals surface area contributed by atoms with Crippen LogP contribution in [0.5, 0.6) is 0 Å². The Morgan fingerprint density at radius 1 is 1.14 bits per heavy atom. The summed E-state index contributed by atoms with van der Waals surface area (Å²) in [6.45, 7) is 0.229. The van der Waals surface area contributed by atoms with Crippen molar-refractivity contribution in [3.8, 4) is 0 Å². The monoisotopic (exact) mass is 226 g/mol. The zero-order valence-corrected chi connectivity index (χ0v) is 9.61. The average molecular weight is 226 g/mol. The Hall–Kier alpha value is -0.120. The highest BCUT2D eigenvalue weighted by atomic mass is 32.2. The number of hydrogen-bond acceptors (Lipinski definition) is 3. The van der Waals surface area contributed by atoms with Crippen LogP contribution in [0.1, 0.15) is 12.0 Å².